The predicted octanol–water partition coefficient (Wildman–Crippen LogP) is 3.65. The summed E-state index contributed by atoms with van der Waals surface area (Å²) < 4.78 is 5.32. The van der Waals surface area contributed by atoms with Crippen LogP contribution in [0, 0.1) is 11.8 Å². The van der Waals surface area contributed by atoms with E-state index in [4.69, 9.17) is 10.5 Å². The van der Waals surface area contributed by atoms with Crippen LogP contribution in [0.2, 0.25) is 0 Å². The third-order valence-corrected chi connectivity index (χ3v) is 3.95. The fourth-order valence-electron chi connectivity index (χ4n) is 2.97. The number of ether oxygens (including phenoxy) is 1. The molecule has 112 valence electrons. The van der Waals surface area contributed by atoms with Crippen LogP contribution in [0.15, 0.2) is 0 Å². The third kappa shape index (κ3) is 7.56. The van der Waals surface area contributed by atoms with Gasteiger partial charge < -0.3 is 10.5 Å². The summed E-state index contributed by atoms with van der Waals surface area (Å²) in [7, 11) is 0. The van der Waals surface area contributed by atoms with Gasteiger partial charge in [-0.05, 0) is 58.4 Å². The van der Waals surface area contributed by atoms with Gasteiger partial charge >= 0.3 is 5.97 Å². The van der Waals surface area contributed by atoms with E-state index in [-0.39, 0.29) is 11.6 Å². The minimum Gasteiger partial charge on any atom is -0.460 e. The zero-order valence-corrected chi connectivity index (χ0v) is 12.9. The maximum Gasteiger partial charge on any atom is 0.306 e. The van der Waals surface area contributed by atoms with Crippen molar-refractivity contribution in [1.82, 2.24) is 0 Å². The van der Waals surface area contributed by atoms with E-state index in [1.54, 1.807) is 0 Å². The highest BCUT2D eigenvalue weighted by atomic mass is 16.6. The molecule has 1 aliphatic rings. The van der Waals surface area contributed by atoms with Crippen molar-refractivity contribution in [3.05, 3.63) is 0 Å². The Morgan fingerprint density at radius 2 is 1.63 bits per heavy atom. The Kier molecular flexibility index (Phi) is 6.84. The molecular formula is C16H31NO2. The molecule has 0 bridgehead atoms. The first-order valence-electron chi connectivity index (χ1n) is 7.82. The first-order valence-corrected chi connectivity index (χ1v) is 7.82. The molecule has 19 heavy (non-hydrogen) atoms. The van der Waals surface area contributed by atoms with Gasteiger partial charge in [0.15, 0.2) is 0 Å². The summed E-state index contributed by atoms with van der Waals surface area (Å²) in [5.41, 5.74) is 5.26. The van der Waals surface area contributed by atoms with E-state index in [0.717, 1.165) is 24.8 Å². The number of esters is 1. The van der Waals surface area contributed by atoms with Crippen molar-refractivity contribution in [1.29, 1.82) is 0 Å². The number of rotatable bonds is 6. The molecule has 0 amide bonds. The second-order valence-electron chi connectivity index (χ2n) is 6.94. The Morgan fingerprint density at radius 1 is 1.11 bits per heavy atom. The summed E-state index contributed by atoms with van der Waals surface area (Å²) in [4.78, 5) is 11.6. The molecule has 3 nitrogen and oxygen atoms in total. The molecule has 0 aliphatic heterocycles. The second kappa shape index (κ2) is 7.88. The van der Waals surface area contributed by atoms with Crippen molar-refractivity contribution in [2.75, 3.05) is 6.54 Å². The maximum atomic E-state index is 11.6. The molecule has 3 heteroatoms. The molecular weight excluding hydrogens is 238 g/mol. The van der Waals surface area contributed by atoms with Crippen LogP contribution in [0.3, 0.4) is 0 Å². The Morgan fingerprint density at radius 3 is 2.11 bits per heavy atom. The number of hydrogen-bond donors (Lipinski definition) is 1. The first kappa shape index (κ1) is 16.5. The van der Waals surface area contributed by atoms with Gasteiger partial charge in [0, 0.05) is 6.42 Å². The quantitative estimate of drug-likeness (QED) is 0.749. The molecule has 0 radical (unpaired) electrons. The summed E-state index contributed by atoms with van der Waals surface area (Å²) in [6.07, 6.45) is 9.20. The lowest BCUT2D eigenvalue weighted by Crippen LogP contribution is -2.24. The van der Waals surface area contributed by atoms with Crippen molar-refractivity contribution in [3.8, 4) is 0 Å². The van der Waals surface area contributed by atoms with Crippen LogP contribution >= 0.6 is 0 Å². The molecule has 0 atom stereocenters. The van der Waals surface area contributed by atoms with Crippen LogP contribution in [-0.4, -0.2) is 18.1 Å². The molecule has 1 rings (SSSR count). The van der Waals surface area contributed by atoms with E-state index < -0.39 is 0 Å². The van der Waals surface area contributed by atoms with Crippen molar-refractivity contribution in [2.45, 2.75) is 77.7 Å². The zero-order valence-electron chi connectivity index (χ0n) is 12.9. The molecule has 1 aliphatic carbocycles. The van der Waals surface area contributed by atoms with E-state index in [1.165, 1.54) is 38.5 Å². The molecule has 0 unspecified atom stereocenters. The van der Waals surface area contributed by atoms with Crippen LogP contribution in [0.4, 0.5) is 0 Å². The van der Waals surface area contributed by atoms with Crippen LogP contribution in [-0.2, 0) is 9.53 Å². The number of carbonyl (C=O) groups is 1. The van der Waals surface area contributed by atoms with Gasteiger partial charge in [-0.15, -0.1) is 0 Å². The molecule has 0 saturated heterocycles. The molecule has 0 aromatic carbocycles. The highest BCUT2D eigenvalue weighted by molar-refractivity contribution is 5.69. The van der Waals surface area contributed by atoms with E-state index in [1.807, 2.05) is 20.8 Å². The topological polar surface area (TPSA) is 52.3 Å². The largest absolute Gasteiger partial charge is 0.460 e. The molecule has 0 heterocycles. The summed E-state index contributed by atoms with van der Waals surface area (Å²) in [5.74, 6) is 1.62. The molecule has 0 aromatic heterocycles. The monoisotopic (exact) mass is 269 g/mol. The van der Waals surface area contributed by atoms with E-state index in [2.05, 4.69) is 0 Å². The van der Waals surface area contributed by atoms with Gasteiger partial charge in [-0.2, -0.15) is 0 Å². The Balaban J connectivity index is 2.09. The van der Waals surface area contributed by atoms with Crippen LogP contribution in [0.25, 0.3) is 0 Å². The van der Waals surface area contributed by atoms with E-state index >= 15 is 0 Å². The summed E-state index contributed by atoms with van der Waals surface area (Å²) in [5, 5.41) is 0. The van der Waals surface area contributed by atoms with Crippen molar-refractivity contribution in [3.63, 3.8) is 0 Å². The molecule has 1 fully saturated rings. The fraction of sp³-hybridized carbons (Fsp3) is 0.938. The smallest absolute Gasteiger partial charge is 0.306 e. The van der Waals surface area contributed by atoms with Crippen LogP contribution < -0.4 is 5.73 Å². The molecule has 1 saturated carbocycles. The molecule has 2 N–H and O–H groups in total. The first-order chi connectivity index (χ1) is 8.90. The van der Waals surface area contributed by atoms with Gasteiger partial charge in [0.2, 0.25) is 0 Å². The third-order valence-electron chi connectivity index (χ3n) is 3.95. The van der Waals surface area contributed by atoms with Gasteiger partial charge in [0.25, 0.3) is 0 Å². The zero-order chi connectivity index (χ0) is 14.3. The molecule has 0 spiro atoms. The highest BCUT2D eigenvalue weighted by Crippen LogP contribution is 2.33. The second-order valence-corrected chi connectivity index (χ2v) is 6.94. The van der Waals surface area contributed by atoms with Gasteiger partial charge in [-0.1, -0.05) is 25.7 Å². The van der Waals surface area contributed by atoms with Crippen LogP contribution in [0.5, 0.6) is 0 Å². The van der Waals surface area contributed by atoms with Gasteiger partial charge in [-0.25, -0.2) is 0 Å². The SMILES string of the molecule is CC(C)(C)OC(=O)CCCC1CCC(CCN)CC1. The van der Waals surface area contributed by atoms with Gasteiger partial charge in [0.05, 0.1) is 0 Å². The lowest BCUT2D eigenvalue weighted by atomic mass is 9.78. The average molecular weight is 269 g/mol. The summed E-state index contributed by atoms with van der Waals surface area (Å²) >= 11 is 0. The van der Waals surface area contributed by atoms with Gasteiger partial charge in [-0.3, -0.25) is 4.79 Å². The Bertz CT molecular complexity index is 262. The summed E-state index contributed by atoms with van der Waals surface area (Å²) in [6, 6.07) is 0. The van der Waals surface area contributed by atoms with E-state index in [0.29, 0.717) is 6.42 Å². The minimum absolute atomic E-state index is 0.0516. The highest BCUT2D eigenvalue weighted by Gasteiger charge is 2.21. The average Bonchev–Trinajstić information content (AvgIpc) is 2.29. The minimum atomic E-state index is -0.350. The summed E-state index contributed by atoms with van der Waals surface area (Å²) in [6.45, 7) is 6.59. The number of nitrogens with two attached hydrogens (primary N) is 1. The predicted molar refractivity (Wildman–Crippen MR) is 78.8 cm³/mol. The van der Waals surface area contributed by atoms with Gasteiger partial charge in [0.1, 0.15) is 5.60 Å². The van der Waals surface area contributed by atoms with Crippen molar-refractivity contribution < 1.29 is 9.53 Å². The Labute approximate surface area is 118 Å². The molecule has 0 aromatic rings. The fourth-order valence-corrected chi connectivity index (χ4v) is 2.97. The van der Waals surface area contributed by atoms with Crippen molar-refractivity contribution >= 4 is 5.97 Å². The number of hydrogen-bond acceptors (Lipinski definition) is 3. The Hall–Kier alpha value is -0.570. The number of carbonyl (C=O) groups excluding carboxylic acids is 1. The van der Waals surface area contributed by atoms with E-state index in [9.17, 15) is 4.79 Å². The lowest BCUT2D eigenvalue weighted by Gasteiger charge is -2.28. The normalized spacial score (nSPS) is 24.2. The lowest BCUT2D eigenvalue weighted by molar-refractivity contribution is -0.155. The maximum absolute atomic E-state index is 11.6. The standard InChI is InChI=1S/C16H31NO2/c1-16(2,3)19-15(18)6-4-5-13-7-9-14(10-8-13)11-12-17/h13-14H,4-12,17H2,1-3H3. The van der Waals surface area contributed by atoms with Crippen molar-refractivity contribution in [2.24, 2.45) is 17.6 Å². The van der Waals surface area contributed by atoms with Crippen LogP contribution in [0.1, 0.15) is 72.1 Å².